The molecule has 0 saturated heterocycles. The van der Waals surface area contributed by atoms with Gasteiger partial charge in [0.2, 0.25) is 5.91 Å². The molecule has 4 nitrogen and oxygen atoms in total. The van der Waals surface area contributed by atoms with Crippen molar-refractivity contribution in [1.82, 2.24) is 9.78 Å². The van der Waals surface area contributed by atoms with E-state index in [1.807, 2.05) is 0 Å². The summed E-state index contributed by atoms with van der Waals surface area (Å²) in [4.78, 5) is 11.0. The summed E-state index contributed by atoms with van der Waals surface area (Å²) in [6.45, 7) is 0.590. The first-order chi connectivity index (χ1) is 5.68. The molecule has 1 aliphatic rings. The minimum atomic E-state index is -0.0169. The van der Waals surface area contributed by atoms with E-state index in [-0.39, 0.29) is 5.91 Å². The largest absolute Gasteiger partial charge is 0.310 e. The lowest BCUT2D eigenvalue weighted by atomic mass is 10.3. The molecule has 12 heavy (non-hydrogen) atoms. The SMILES string of the molecule is O=C1CCn2nc(Br)c(Cl)c2N1. The molecule has 2 rings (SSSR count). The van der Waals surface area contributed by atoms with Gasteiger partial charge < -0.3 is 5.32 Å². The summed E-state index contributed by atoms with van der Waals surface area (Å²) in [6.07, 6.45) is 0.456. The molecule has 0 spiro atoms. The van der Waals surface area contributed by atoms with Gasteiger partial charge in [0.15, 0.2) is 5.82 Å². The number of anilines is 1. The van der Waals surface area contributed by atoms with Crippen LogP contribution in [-0.2, 0) is 11.3 Å². The van der Waals surface area contributed by atoms with Crippen molar-refractivity contribution in [3.63, 3.8) is 0 Å². The van der Waals surface area contributed by atoms with Crippen molar-refractivity contribution < 1.29 is 4.79 Å². The topological polar surface area (TPSA) is 46.9 Å². The number of hydrogen-bond acceptors (Lipinski definition) is 2. The number of amides is 1. The Morgan fingerprint density at radius 2 is 2.42 bits per heavy atom. The predicted molar refractivity (Wildman–Crippen MR) is 48.2 cm³/mol. The van der Waals surface area contributed by atoms with Gasteiger partial charge in [0.05, 0.1) is 6.54 Å². The maximum absolute atomic E-state index is 11.0. The van der Waals surface area contributed by atoms with E-state index in [0.717, 1.165) is 0 Å². The average molecular weight is 250 g/mol. The molecule has 0 unspecified atom stereocenters. The quantitative estimate of drug-likeness (QED) is 0.761. The number of aromatic nitrogens is 2. The van der Waals surface area contributed by atoms with Crippen LogP contribution < -0.4 is 5.32 Å². The first-order valence-electron chi connectivity index (χ1n) is 3.40. The fourth-order valence-corrected chi connectivity index (χ4v) is 1.66. The molecule has 6 heteroatoms. The standard InChI is InChI=1S/C6H5BrClN3O/c7-5-4(8)6-9-3(12)1-2-11(6)10-5/h1-2H2,(H,9,12). The minimum Gasteiger partial charge on any atom is -0.310 e. The molecule has 1 N–H and O–H groups in total. The van der Waals surface area contributed by atoms with Gasteiger partial charge in [-0.15, -0.1) is 0 Å². The molecule has 0 fully saturated rings. The summed E-state index contributed by atoms with van der Waals surface area (Å²) in [5.41, 5.74) is 0. The number of halogens is 2. The summed E-state index contributed by atoms with van der Waals surface area (Å²) in [5, 5.41) is 7.18. The molecule has 2 heterocycles. The van der Waals surface area contributed by atoms with E-state index < -0.39 is 0 Å². The smallest absolute Gasteiger partial charge is 0.227 e. The zero-order chi connectivity index (χ0) is 8.72. The van der Waals surface area contributed by atoms with Crippen LogP contribution in [0, 0.1) is 0 Å². The Labute approximate surface area is 82.0 Å². The van der Waals surface area contributed by atoms with E-state index in [4.69, 9.17) is 11.6 Å². The van der Waals surface area contributed by atoms with Gasteiger partial charge in [-0.25, -0.2) is 4.68 Å². The Kier molecular flexibility index (Phi) is 1.84. The van der Waals surface area contributed by atoms with Gasteiger partial charge in [-0.1, -0.05) is 11.6 Å². The Bertz CT molecular complexity index is 349. The van der Waals surface area contributed by atoms with Crippen LogP contribution in [0.5, 0.6) is 0 Å². The third-order valence-electron chi connectivity index (χ3n) is 1.66. The second-order valence-corrected chi connectivity index (χ2v) is 3.60. The van der Waals surface area contributed by atoms with Crippen LogP contribution in [-0.4, -0.2) is 15.7 Å². The number of rotatable bonds is 0. The number of carbonyl (C=O) groups is 1. The van der Waals surface area contributed by atoms with Gasteiger partial charge >= 0.3 is 0 Å². The lowest BCUT2D eigenvalue weighted by Gasteiger charge is -2.13. The monoisotopic (exact) mass is 249 g/mol. The van der Waals surface area contributed by atoms with Gasteiger partial charge in [0.25, 0.3) is 0 Å². The third-order valence-corrected chi connectivity index (χ3v) is 2.81. The number of nitrogens with one attached hydrogen (secondary N) is 1. The second-order valence-electron chi connectivity index (χ2n) is 2.47. The second kappa shape index (κ2) is 2.74. The Balaban J connectivity index is 2.50. The van der Waals surface area contributed by atoms with Crippen LogP contribution in [0.3, 0.4) is 0 Å². The lowest BCUT2D eigenvalue weighted by Crippen LogP contribution is -2.23. The molecule has 64 valence electrons. The van der Waals surface area contributed by atoms with Crippen LogP contribution in [0.4, 0.5) is 5.82 Å². The number of nitrogens with zero attached hydrogens (tertiary/aromatic N) is 2. The van der Waals surface area contributed by atoms with Gasteiger partial charge in [0.1, 0.15) is 9.63 Å². The van der Waals surface area contributed by atoms with E-state index in [1.165, 1.54) is 0 Å². The molecule has 0 bridgehead atoms. The molecule has 1 aliphatic heterocycles. The first kappa shape index (κ1) is 8.07. The lowest BCUT2D eigenvalue weighted by molar-refractivity contribution is -0.116. The number of hydrogen-bond donors (Lipinski definition) is 1. The van der Waals surface area contributed by atoms with Crippen LogP contribution in [0.25, 0.3) is 0 Å². The van der Waals surface area contributed by atoms with E-state index >= 15 is 0 Å². The highest BCUT2D eigenvalue weighted by Gasteiger charge is 2.20. The number of aryl methyl sites for hydroxylation is 1. The summed E-state index contributed by atoms with van der Waals surface area (Å²) in [5.74, 6) is 0.566. The highest BCUT2D eigenvalue weighted by Crippen LogP contribution is 2.31. The van der Waals surface area contributed by atoms with Gasteiger partial charge in [-0.2, -0.15) is 5.10 Å². The molecular weight excluding hydrogens is 245 g/mol. The maximum Gasteiger partial charge on any atom is 0.227 e. The summed E-state index contributed by atoms with van der Waals surface area (Å²) < 4.78 is 2.25. The van der Waals surface area contributed by atoms with E-state index in [2.05, 4.69) is 26.3 Å². The van der Waals surface area contributed by atoms with Crippen LogP contribution in [0.2, 0.25) is 5.02 Å². The van der Waals surface area contributed by atoms with E-state index in [0.29, 0.717) is 28.4 Å². The fraction of sp³-hybridized carbons (Fsp3) is 0.333. The van der Waals surface area contributed by atoms with Crippen LogP contribution in [0.1, 0.15) is 6.42 Å². The third kappa shape index (κ3) is 1.13. The maximum atomic E-state index is 11.0. The van der Waals surface area contributed by atoms with Gasteiger partial charge in [0, 0.05) is 6.42 Å². The Morgan fingerprint density at radius 1 is 1.67 bits per heavy atom. The van der Waals surface area contributed by atoms with Crippen LogP contribution >= 0.6 is 27.5 Å². The molecule has 0 aliphatic carbocycles. The summed E-state index contributed by atoms with van der Waals surface area (Å²) >= 11 is 9.03. The van der Waals surface area contributed by atoms with Gasteiger partial charge in [-0.3, -0.25) is 4.79 Å². The van der Waals surface area contributed by atoms with Crippen molar-refractivity contribution in [2.24, 2.45) is 0 Å². The van der Waals surface area contributed by atoms with Crippen molar-refractivity contribution in [2.75, 3.05) is 5.32 Å². The summed E-state index contributed by atoms with van der Waals surface area (Å²) in [6, 6.07) is 0. The molecule has 0 atom stereocenters. The summed E-state index contributed by atoms with van der Waals surface area (Å²) in [7, 11) is 0. The molecule has 1 amide bonds. The van der Waals surface area contributed by atoms with Crippen molar-refractivity contribution >= 4 is 39.3 Å². The molecule has 0 aromatic carbocycles. The predicted octanol–water partition coefficient (Wildman–Crippen LogP) is 1.64. The number of fused-ring (bicyclic) bond motifs is 1. The number of carbonyl (C=O) groups excluding carboxylic acids is 1. The van der Waals surface area contributed by atoms with Crippen molar-refractivity contribution in [2.45, 2.75) is 13.0 Å². The zero-order valence-electron chi connectivity index (χ0n) is 5.97. The van der Waals surface area contributed by atoms with Crippen molar-refractivity contribution in [3.8, 4) is 0 Å². The van der Waals surface area contributed by atoms with E-state index in [9.17, 15) is 4.79 Å². The molecule has 0 saturated carbocycles. The highest BCUT2D eigenvalue weighted by molar-refractivity contribution is 9.10. The van der Waals surface area contributed by atoms with Crippen molar-refractivity contribution in [1.29, 1.82) is 0 Å². The minimum absolute atomic E-state index is 0.0169. The Morgan fingerprint density at radius 3 is 3.17 bits per heavy atom. The highest BCUT2D eigenvalue weighted by atomic mass is 79.9. The molecule has 1 aromatic rings. The fourth-order valence-electron chi connectivity index (χ4n) is 1.09. The molecule has 0 radical (unpaired) electrons. The van der Waals surface area contributed by atoms with Crippen molar-refractivity contribution in [3.05, 3.63) is 9.63 Å². The normalized spacial score (nSPS) is 15.7. The Hall–Kier alpha value is -0.550. The van der Waals surface area contributed by atoms with Crippen LogP contribution in [0.15, 0.2) is 4.60 Å². The first-order valence-corrected chi connectivity index (χ1v) is 4.57. The van der Waals surface area contributed by atoms with E-state index in [1.54, 1.807) is 4.68 Å². The molecule has 1 aromatic heterocycles. The molecular formula is C6H5BrClN3O. The zero-order valence-corrected chi connectivity index (χ0v) is 8.31. The average Bonchev–Trinajstić information content (AvgIpc) is 2.31. The van der Waals surface area contributed by atoms with Gasteiger partial charge in [-0.05, 0) is 15.9 Å².